The third kappa shape index (κ3) is 4.94. The molecule has 2 fully saturated rings. The van der Waals surface area contributed by atoms with E-state index in [1.807, 2.05) is 39.5 Å². The van der Waals surface area contributed by atoms with E-state index in [-0.39, 0.29) is 23.3 Å². The fourth-order valence-corrected chi connectivity index (χ4v) is 3.46. The first-order chi connectivity index (χ1) is 11.3. The van der Waals surface area contributed by atoms with Crippen LogP contribution in [-0.4, -0.2) is 71.2 Å². The molecule has 25 heavy (non-hydrogen) atoms. The van der Waals surface area contributed by atoms with Crippen LogP contribution in [0.15, 0.2) is 0 Å². The number of β-amino-alcohol motifs (C(OH)–C–C–N with tert-alkyl or cyclic N) is 1. The molecule has 1 N–H and O–H groups in total. The van der Waals surface area contributed by atoms with E-state index in [1.165, 1.54) is 0 Å². The van der Waals surface area contributed by atoms with Gasteiger partial charge in [0.25, 0.3) is 0 Å². The van der Waals surface area contributed by atoms with Crippen molar-refractivity contribution >= 4 is 11.8 Å². The van der Waals surface area contributed by atoms with E-state index in [9.17, 15) is 14.7 Å². The lowest BCUT2D eigenvalue weighted by molar-refractivity contribution is -0.145. The molecule has 2 aliphatic rings. The van der Waals surface area contributed by atoms with Crippen LogP contribution in [0.25, 0.3) is 0 Å². The number of likely N-dealkylation sites (tertiary alicyclic amines) is 2. The molecule has 2 heterocycles. The molecule has 2 amide bonds. The van der Waals surface area contributed by atoms with Gasteiger partial charge in [0, 0.05) is 31.6 Å². The first kappa shape index (κ1) is 20.2. The topological polar surface area (TPSA) is 70.1 Å². The average Bonchev–Trinajstić information content (AvgIpc) is 3.09. The van der Waals surface area contributed by atoms with E-state index in [2.05, 4.69) is 0 Å². The summed E-state index contributed by atoms with van der Waals surface area (Å²) in [5.41, 5.74) is -1.80. The fraction of sp³-hybridized carbons (Fsp3) is 0.895. The molecule has 0 aliphatic carbocycles. The van der Waals surface area contributed by atoms with Crippen LogP contribution in [0.5, 0.6) is 0 Å². The average molecular weight is 354 g/mol. The maximum Gasteiger partial charge on any atom is 0.230 e. The summed E-state index contributed by atoms with van der Waals surface area (Å²) in [5.74, 6) is 0.166. The summed E-state index contributed by atoms with van der Waals surface area (Å²) in [5, 5.41) is 10.1. The molecule has 2 atom stereocenters. The van der Waals surface area contributed by atoms with Crippen molar-refractivity contribution in [3.63, 3.8) is 0 Å². The number of hydrogen-bond donors (Lipinski definition) is 1. The number of nitrogens with zero attached hydrogens (tertiary/aromatic N) is 2. The van der Waals surface area contributed by atoms with Crippen molar-refractivity contribution in [1.82, 2.24) is 9.80 Å². The van der Waals surface area contributed by atoms with Gasteiger partial charge in [0.1, 0.15) is 0 Å². The van der Waals surface area contributed by atoms with E-state index < -0.39 is 11.0 Å². The predicted molar refractivity (Wildman–Crippen MR) is 96.0 cm³/mol. The molecule has 144 valence electrons. The Kier molecular flexibility index (Phi) is 5.55. The Bertz CT molecular complexity index is 522. The van der Waals surface area contributed by atoms with Crippen LogP contribution in [0.2, 0.25) is 0 Å². The SMILES string of the molecule is CC(C)(C)C(=O)N1CC[C@H](OCC(C)(C)C(=O)N2CC[C@@](C)(O)C2)C1. The summed E-state index contributed by atoms with van der Waals surface area (Å²) in [6, 6.07) is 0. The van der Waals surface area contributed by atoms with Crippen LogP contribution in [0.1, 0.15) is 54.4 Å². The van der Waals surface area contributed by atoms with E-state index in [0.29, 0.717) is 39.2 Å². The van der Waals surface area contributed by atoms with Crippen LogP contribution in [0, 0.1) is 10.8 Å². The molecule has 6 nitrogen and oxygen atoms in total. The van der Waals surface area contributed by atoms with Crippen molar-refractivity contribution in [3.8, 4) is 0 Å². The predicted octanol–water partition coefficient (Wildman–Crippen LogP) is 1.66. The summed E-state index contributed by atoms with van der Waals surface area (Å²) in [4.78, 5) is 28.7. The summed E-state index contributed by atoms with van der Waals surface area (Å²) < 4.78 is 5.99. The summed E-state index contributed by atoms with van der Waals surface area (Å²) in [7, 11) is 0. The van der Waals surface area contributed by atoms with Crippen LogP contribution in [0.3, 0.4) is 0 Å². The molecule has 2 rings (SSSR count). The molecule has 0 spiro atoms. The highest BCUT2D eigenvalue weighted by molar-refractivity contribution is 5.82. The zero-order valence-corrected chi connectivity index (χ0v) is 16.6. The highest BCUT2D eigenvalue weighted by Gasteiger charge is 2.41. The van der Waals surface area contributed by atoms with Gasteiger partial charge >= 0.3 is 0 Å². The van der Waals surface area contributed by atoms with E-state index in [0.717, 1.165) is 6.42 Å². The maximum absolute atomic E-state index is 12.7. The Morgan fingerprint density at radius 2 is 1.76 bits per heavy atom. The number of aliphatic hydroxyl groups is 1. The lowest BCUT2D eigenvalue weighted by Crippen LogP contribution is -2.44. The maximum atomic E-state index is 12.7. The summed E-state index contributed by atoms with van der Waals surface area (Å²) in [6.07, 6.45) is 1.41. The number of rotatable bonds is 4. The standard InChI is InChI=1S/C19H34N2O4/c1-17(2,3)15(22)20-9-7-14(11-20)25-13-18(4,5)16(23)21-10-8-19(6,24)12-21/h14,24H,7-13H2,1-6H3/t14-,19+/m0/s1. The minimum absolute atomic E-state index is 0.0138. The van der Waals surface area contributed by atoms with Gasteiger partial charge in [-0.25, -0.2) is 0 Å². The Balaban J connectivity index is 1.84. The second-order valence-corrected chi connectivity index (χ2v) is 9.58. The molecule has 6 heteroatoms. The molecule has 0 aromatic rings. The first-order valence-corrected chi connectivity index (χ1v) is 9.25. The van der Waals surface area contributed by atoms with Gasteiger partial charge in [-0.1, -0.05) is 20.8 Å². The van der Waals surface area contributed by atoms with Crippen LogP contribution in [0.4, 0.5) is 0 Å². The summed E-state index contributed by atoms with van der Waals surface area (Å²) >= 11 is 0. The third-order valence-electron chi connectivity index (χ3n) is 5.07. The molecule has 0 saturated carbocycles. The van der Waals surface area contributed by atoms with Gasteiger partial charge in [-0.05, 0) is 33.6 Å². The lowest BCUT2D eigenvalue weighted by Gasteiger charge is -2.31. The number of ether oxygens (including phenoxy) is 1. The molecule has 0 unspecified atom stereocenters. The van der Waals surface area contributed by atoms with Gasteiger partial charge < -0.3 is 19.6 Å². The molecule has 0 aromatic heterocycles. The normalized spacial score (nSPS) is 27.9. The highest BCUT2D eigenvalue weighted by Crippen LogP contribution is 2.28. The highest BCUT2D eigenvalue weighted by atomic mass is 16.5. The van der Waals surface area contributed by atoms with Crippen molar-refractivity contribution in [3.05, 3.63) is 0 Å². The lowest BCUT2D eigenvalue weighted by atomic mass is 9.92. The number of amides is 2. The monoisotopic (exact) mass is 354 g/mol. The Labute approximate surface area is 151 Å². The minimum Gasteiger partial charge on any atom is -0.388 e. The number of carbonyl (C=O) groups excluding carboxylic acids is 2. The van der Waals surface area contributed by atoms with Crippen molar-refractivity contribution in [2.24, 2.45) is 10.8 Å². The quantitative estimate of drug-likeness (QED) is 0.834. The molecule has 0 aromatic carbocycles. The van der Waals surface area contributed by atoms with Crippen molar-refractivity contribution in [2.75, 3.05) is 32.8 Å². The van der Waals surface area contributed by atoms with Gasteiger partial charge in [-0.3, -0.25) is 9.59 Å². The zero-order chi connectivity index (χ0) is 19.0. The smallest absolute Gasteiger partial charge is 0.230 e. The van der Waals surface area contributed by atoms with Crippen LogP contribution < -0.4 is 0 Å². The van der Waals surface area contributed by atoms with Crippen molar-refractivity contribution in [2.45, 2.75) is 66.1 Å². The van der Waals surface area contributed by atoms with Crippen molar-refractivity contribution in [1.29, 1.82) is 0 Å². The molecule has 0 radical (unpaired) electrons. The fourth-order valence-electron chi connectivity index (χ4n) is 3.46. The van der Waals surface area contributed by atoms with Gasteiger partial charge in [0.15, 0.2) is 0 Å². The van der Waals surface area contributed by atoms with Gasteiger partial charge in [0.2, 0.25) is 11.8 Å². The number of carbonyl (C=O) groups is 2. The van der Waals surface area contributed by atoms with E-state index >= 15 is 0 Å². The van der Waals surface area contributed by atoms with E-state index in [1.54, 1.807) is 11.8 Å². The largest absolute Gasteiger partial charge is 0.388 e. The minimum atomic E-state index is -0.786. The van der Waals surface area contributed by atoms with Crippen LogP contribution in [-0.2, 0) is 14.3 Å². The zero-order valence-electron chi connectivity index (χ0n) is 16.6. The van der Waals surface area contributed by atoms with Gasteiger partial charge in [-0.15, -0.1) is 0 Å². The second kappa shape index (κ2) is 6.88. The Morgan fingerprint density at radius 1 is 1.12 bits per heavy atom. The molecule has 0 bridgehead atoms. The molecule has 2 saturated heterocycles. The van der Waals surface area contributed by atoms with Gasteiger partial charge in [-0.2, -0.15) is 0 Å². The van der Waals surface area contributed by atoms with E-state index in [4.69, 9.17) is 4.74 Å². The molecule has 2 aliphatic heterocycles. The van der Waals surface area contributed by atoms with Crippen LogP contribution >= 0.6 is 0 Å². The third-order valence-corrected chi connectivity index (χ3v) is 5.07. The summed E-state index contributed by atoms with van der Waals surface area (Å²) in [6.45, 7) is 13.9. The Hall–Kier alpha value is -1.14. The molecular weight excluding hydrogens is 320 g/mol. The van der Waals surface area contributed by atoms with Crippen molar-refractivity contribution < 1.29 is 19.4 Å². The first-order valence-electron chi connectivity index (χ1n) is 9.25. The van der Waals surface area contributed by atoms with Gasteiger partial charge in [0.05, 0.1) is 23.7 Å². The molecular formula is C19H34N2O4. The number of hydrogen-bond acceptors (Lipinski definition) is 4. The second-order valence-electron chi connectivity index (χ2n) is 9.58. The Morgan fingerprint density at radius 3 is 2.28 bits per heavy atom.